The molecule has 0 amide bonds. The van der Waals surface area contributed by atoms with Crippen LogP contribution in [0.2, 0.25) is 0 Å². The maximum Gasteiger partial charge on any atom is 0.0448 e. The molecule has 0 saturated heterocycles. The van der Waals surface area contributed by atoms with Crippen LogP contribution in [-0.4, -0.2) is 9.30 Å². The van der Waals surface area contributed by atoms with Crippen LogP contribution in [0.15, 0.2) is 0 Å². The van der Waals surface area contributed by atoms with Gasteiger partial charge >= 0.3 is 0 Å². The molecule has 1 N–H and O–H groups in total. The molecule has 0 spiro atoms. The van der Waals surface area contributed by atoms with E-state index in [1.54, 1.807) is 0 Å². The zero-order valence-electron chi connectivity index (χ0n) is 7.33. The predicted molar refractivity (Wildman–Crippen MR) is 51.1 cm³/mol. The van der Waals surface area contributed by atoms with Gasteiger partial charge in [-0.15, -0.1) is 0 Å². The summed E-state index contributed by atoms with van der Waals surface area (Å²) in [6.45, 7) is 0. The summed E-state index contributed by atoms with van der Waals surface area (Å²) in [6, 6.07) is 0. The minimum absolute atomic E-state index is 0.309. The van der Waals surface area contributed by atoms with Crippen LogP contribution in [0, 0.1) is 17.8 Å². The van der Waals surface area contributed by atoms with Crippen molar-refractivity contribution in [2.75, 3.05) is 0 Å². The summed E-state index contributed by atoms with van der Waals surface area (Å²) in [4.78, 5) is 0. The molecule has 6 fully saturated rings. The molecule has 0 atom stereocenters. The van der Waals surface area contributed by atoms with Crippen LogP contribution in [-0.2, 0) is 0 Å². The molecule has 6 saturated carbocycles. The van der Waals surface area contributed by atoms with Crippen molar-refractivity contribution >= 4 is 12.0 Å². The van der Waals surface area contributed by atoms with Crippen molar-refractivity contribution in [3.8, 4) is 0 Å². The first-order valence-corrected chi connectivity index (χ1v) is 5.94. The molecule has 2 heteroatoms. The molecule has 68 valence electrons. The van der Waals surface area contributed by atoms with Gasteiger partial charge in [0.25, 0.3) is 0 Å². The zero-order chi connectivity index (χ0) is 8.18. The normalized spacial score (nSPS) is 56.2. The lowest BCUT2D eigenvalue weighted by atomic mass is 9.69. The minimum Gasteiger partial charge on any atom is -0.329 e. The molecular formula is C10H16OS. The smallest absolute Gasteiger partial charge is 0.0448 e. The second kappa shape index (κ2) is 2.42. The number of hydrogen-bond acceptors (Lipinski definition) is 2. The third-order valence-electron chi connectivity index (χ3n) is 4.64. The Morgan fingerprint density at radius 3 is 2.33 bits per heavy atom. The summed E-state index contributed by atoms with van der Waals surface area (Å²) in [7, 11) is 0. The zero-order valence-corrected chi connectivity index (χ0v) is 8.15. The van der Waals surface area contributed by atoms with E-state index in [2.05, 4.69) is 0 Å². The van der Waals surface area contributed by atoms with E-state index in [1.165, 1.54) is 50.6 Å². The highest BCUT2D eigenvalue weighted by Gasteiger charge is 2.54. The summed E-state index contributed by atoms with van der Waals surface area (Å²) in [5.41, 5.74) is 0. The lowest BCUT2D eigenvalue weighted by molar-refractivity contribution is 0.155. The Morgan fingerprint density at radius 1 is 1.08 bits per heavy atom. The van der Waals surface area contributed by atoms with Gasteiger partial charge in [0.05, 0.1) is 0 Å². The molecule has 0 heterocycles. The first kappa shape index (κ1) is 7.69. The van der Waals surface area contributed by atoms with Gasteiger partial charge in [-0.25, -0.2) is 0 Å². The first-order valence-electron chi connectivity index (χ1n) is 5.17. The lowest BCUT2D eigenvalue weighted by Gasteiger charge is -2.42. The molecule has 4 bridgehead atoms. The van der Waals surface area contributed by atoms with E-state index in [0.717, 1.165) is 17.8 Å². The molecule has 0 unspecified atom stereocenters. The van der Waals surface area contributed by atoms with Gasteiger partial charge in [0, 0.05) is 4.75 Å². The summed E-state index contributed by atoms with van der Waals surface area (Å²) >= 11 is 1.19. The topological polar surface area (TPSA) is 20.2 Å². The standard InChI is InChI=1S/C10H16OS/c11-12-10-3-1-7(2-4-10)8-5-9(10)6-8/h7-9,11H,1-6H2. The Labute approximate surface area is 78.1 Å². The highest BCUT2D eigenvalue weighted by atomic mass is 32.2. The molecule has 0 aromatic carbocycles. The fourth-order valence-corrected chi connectivity index (χ4v) is 4.41. The van der Waals surface area contributed by atoms with E-state index < -0.39 is 0 Å². The average Bonchev–Trinajstić information content (AvgIpc) is 2.39. The van der Waals surface area contributed by atoms with E-state index in [4.69, 9.17) is 0 Å². The molecule has 1 nitrogen and oxygen atoms in total. The quantitative estimate of drug-likeness (QED) is 0.632. The van der Waals surface area contributed by atoms with Crippen LogP contribution in [0.4, 0.5) is 0 Å². The van der Waals surface area contributed by atoms with Gasteiger partial charge in [-0.05, 0) is 68.3 Å². The number of rotatable bonds is 1. The maximum absolute atomic E-state index is 9.40. The van der Waals surface area contributed by atoms with Crippen molar-refractivity contribution in [3.63, 3.8) is 0 Å². The molecule has 6 aliphatic carbocycles. The molecule has 0 aliphatic heterocycles. The van der Waals surface area contributed by atoms with Crippen molar-refractivity contribution in [1.82, 2.24) is 0 Å². The monoisotopic (exact) mass is 184 g/mol. The molecule has 0 radical (unpaired) electrons. The van der Waals surface area contributed by atoms with Gasteiger partial charge in [0.1, 0.15) is 0 Å². The Balaban J connectivity index is 1.94. The van der Waals surface area contributed by atoms with Crippen molar-refractivity contribution in [3.05, 3.63) is 0 Å². The van der Waals surface area contributed by atoms with Gasteiger partial charge < -0.3 is 4.55 Å². The van der Waals surface area contributed by atoms with Gasteiger partial charge in [-0.1, -0.05) is 0 Å². The fraction of sp³-hybridized carbons (Fsp3) is 1.00. The Kier molecular flexibility index (Phi) is 1.55. The molecule has 0 aromatic rings. The largest absolute Gasteiger partial charge is 0.329 e. The van der Waals surface area contributed by atoms with Crippen molar-refractivity contribution in [1.29, 1.82) is 0 Å². The van der Waals surface area contributed by atoms with E-state index in [1.807, 2.05) is 0 Å². The maximum atomic E-state index is 9.40. The molecular weight excluding hydrogens is 168 g/mol. The van der Waals surface area contributed by atoms with E-state index in [0.29, 0.717) is 4.75 Å². The summed E-state index contributed by atoms with van der Waals surface area (Å²) < 4.78 is 9.71. The number of hydrogen-bond donors (Lipinski definition) is 1. The van der Waals surface area contributed by atoms with Crippen LogP contribution in [0.25, 0.3) is 0 Å². The van der Waals surface area contributed by atoms with Gasteiger partial charge in [-0.2, -0.15) is 0 Å². The molecule has 12 heavy (non-hydrogen) atoms. The van der Waals surface area contributed by atoms with E-state index in [-0.39, 0.29) is 0 Å². The first-order chi connectivity index (χ1) is 5.84. The van der Waals surface area contributed by atoms with Gasteiger partial charge in [-0.3, -0.25) is 0 Å². The third kappa shape index (κ3) is 0.805. The summed E-state index contributed by atoms with van der Waals surface area (Å²) in [5, 5.41) is 0. The van der Waals surface area contributed by atoms with Crippen LogP contribution < -0.4 is 0 Å². The third-order valence-corrected chi connectivity index (χ3v) is 5.75. The highest BCUT2D eigenvalue weighted by Crippen LogP contribution is 2.62. The Bertz CT molecular complexity index is 190. The summed E-state index contributed by atoms with van der Waals surface area (Å²) in [6.07, 6.45) is 8.24. The minimum atomic E-state index is 0.309. The van der Waals surface area contributed by atoms with Crippen LogP contribution in [0.3, 0.4) is 0 Å². The van der Waals surface area contributed by atoms with Crippen LogP contribution >= 0.6 is 12.0 Å². The summed E-state index contributed by atoms with van der Waals surface area (Å²) in [5.74, 6) is 2.94. The SMILES string of the molecule is OSC12CCC(CC1)C1CC2C1. The van der Waals surface area contributed by atoms with Gasteiger partial charge in [0.15, 0.2) is 0 Å². The van der Waals surface area contributed by atoms with E-state index >= 15 is 0 Å². The predicted octanol–water partition coefficient (Wildman–Crippen LogP) is 3.16. The van der Waals surface area contributed by atoms with Crippen LogP contribution in [0.5, 0.6) is 0 Å². The van der Waals surface area contributed by atoms with Crippen LogP contribution in [0.1, 0.15) is 38.5 Å². The molecule has 6 aliphatic rings. The second-order valence-corrected chi connectivity index (χ2v) is 5.92. The highest BCUT2D eigenvalue weighted by molar-refractivity contribution is 7.95. The Hall–Kier alpha value is 0.310. The molecule has 6 rings (SSSR count). The average molecular weight is 184 g/mol. The van der Waals surface area contributed by atoms with Crippen molar-refractivity contribution < 1.29 is 4.55 Å². The van der Waals surface area contributed by atoms with Crippen molar-refractivity contribution in [2.24, 2.45) is 17.8 Å². The Morgan fingerprint density at radius 2 is 1.75 bits per heavy atom. The van der Waals surface area contributed by atoms with Gasteiger partial charge in [0.2, 0.25) is 0 Å². The second-order valence-electron chi connectivity index (χ2n) is 4.92. The lowest BCUT2D eigenvalue weighted by Crippen LogP contribution is -2.38. The molecule has 0 aromatic heterocycles. The van der Waals surface area contributed by atoms with E-state index in [9.17, 15) is 4.55 Å². The fourth-order valence-electron chi connectivity index (χ4n) is 3.65. The van der Waals surface area contributed by atoms with Crippen molar-refractivity contribution in [2.45, 2.75) is 43.3 Å².